The van der Waals surface area contributed by atoms with Gasteiger partial charge in [0.15, 0.2) is 9.84 Å². The van der Waals surface area contributed by atoms with E-state index in [2.05, 4.69) is 5.32 Å². The van der Waals surface area contributed by atoms with E-state index in [4.69, 9.17) is 5.11 Å². The fraction of sp³-hybridized carbons (Fsp3) is 0.429. The molecule has 2 N–H and O–H groups in total. The predicted molar refractivity (Wildman–Crippen MR) is 86.2 cm³/mol. The number of nitrogens with one attached hydrogen (secondary N) is 1. The molecule has 0 bridgehead atoms. The van der Waals surface area contributed by atoms with Crippen LogP contribution in [0.1, 0.15) is 22.8 Å². The first-order valence-electron chi connectivity index (χ1n) is 6.66. The average molecular weight is 345 g/mol. The van der Waals surface area contributed by atoms with Crippen molar-refractivity contribution in [1.29, 1.82) is 0 Å². The smallest absolute Gasteiger partial charge is 0.313 e. The molecule has 0 aromatic heterocycles. The third kappa shape index (κ3) is 5.69. The molecule has 0 spiro atoms. The number of rotatable bonds is 8. The lowest BCUT2D eigenvalue weighted by Crippen LogP contribution is -2.26. The first-order valence-corrected chi connectivity index (χ1v) is 9.71. The summed E-state index contributed by atoms with van der Waals surface area (Å²) < 4.78 is 23.5. The molecule has 0 aliphatic heterocycles. The lowest BCUT2D eigenvalue weighted by molar-refractivity contribution is -0.133. The largest absolute Gasteiger partial charge is 0.481 e. The van der Waals surface area contributed by atoms with Crippen molar-refractivity contribution in [2.24, 2.45) is 0 Å². The van der Waals surface area contributed by atoms with Gasteiger partial charge in [-0.15, -0.1) is 11.8 Å². The summed E-state index contributed by atoms with van der Waals surface area (Å²) >= 11 is 1.20. The minimum atomic E-state index is -3.39. The van der Waals surface area contributed by atoms with Gasteiger partial charge in [-0.3, -0.25) is 9.59 Å². The molecule has 0 aliphatic carbocycles. The van der Waals surface area contributed by atoms with E-state index in [1.165, 1.54) is 17.8 Å². The Bertz CT molecular complexity index is 655. The summed E-state index contributed by atoms with van der Waals surface area (Å²) in [6, 6.07) is 4.62. The SMILES string of the molecule is CCc1ccc(C(=O)NCCSCC(=O)O)cc1S(C)(=O)=O. The number of hydrogen-bond acceptors (Lipinski definition) is 5. The molecule has 0 fully saturated rings. The van der Waals surface area contributed by atoms with Gasteiger partial charge in [-0.1, -0.05) is 13.0 Å². The minimum absolute atomic E-state index is 0.0146. The van der Waals surface area contributed by atoms with Crippen molar-refractivity contribution in [3.8, 4) is 0 Å². The quantitative estimate of drug-likeness (QED) is 0.687. The van der Waals surface area contributed by atoms with E-state index in [-0.39, 0.29) is 22.1 Å². The zero-order chi connectivity index (χ0) is 16.8. The molecule has 0 unspecified atom stereocenters. The first-order chi connectivity index (χ1) is 10.3. The summed E-state index contributed by atoms with van der Waals surface area (Å²) in [5, 5.41) is 11.1. The summed E-state index contributed by atoms with van der Waals surface area (Å²) in [4.78, 5) is 22.5. The molecular formula is C14H19NO5S2. The number of benzene rings is 1. The molecule has 1 aromatic rings. The highest BCUT2D eigenvalue weighted by atomic mass is 32.2. The number of amides is 1. The first kappa shape index (κ1) is 18.5. The van der Waals surface area contributed by atoms with Gasteiger partial charge >= 0.3 is 5.97 Å². The Hall–Kier alpha value is -1.54. The maximum absolute atomic E-state index is 12.0. The summed E-state index contributed by atoms with van der Waals surface area (Å²) in [5.41, 5.74) is 0.955. The zero-order valence-corrected chi connectivity index (χ0v) is 14.1. The van der Waals surface area contributed by atoms with Gasteiger partial charge in [0.25, 0.3) is 5.91 Å². The molecule has 0 saturated carbocycles. The zero-order valence-electron chi connectivity index (χ0n) is 12.5. The molecule has 8 heteroatoms. The van der Waals surface area contributed by atoms with Crippen LogP contribution < -0.4 is 5.32 Å². The van der Waals surface area contributed by atoms with Crippen LogP contribution in [0, 0.1) is 0 Å². The summed E-state index contributed by atoms with van der Waals surface area (Å²) in [5.74, 6) is -0.809. The molecule has 0 heterocycles. The Morgan fingerprint density at radius 2 is 2.00 bits per heavy atom. The molecule has 1 rings (SSSR count). The molecule has 122 valence electrons. The monoisotopic (exact) mass is 345 g/mol. The highest BCUT2D eigenvalue weighted by Crippen LogP contribution is 2.18. The second kappa shape index (κ2) is 8.19. The van der Waals surface area contributed by atoms with Crippen LogP contribution in [0.2, 0.25) is 0 Å². The topological polar surface area (TPSA) is 101 Å². The standard InChI is InChI=1S/C14H19NO5S2/c1-3-10-4-5-11(8-12(10)22(2,19)20)14(18)15-6-7-21-9-13(16)17/h4-5,8H,3,6-7,9H2,1-2H3,(H,15,18)(H,16,17). The van der Waals surface area contributed by atoms with Crippen LogP contribution in [0.3, 0.4) is 0 Å². The Morgan fingerprint density at radius 1 is 1.32 bits per heavy atom. The minimum Gasteiger partial charge on any atom is -0.481 e. The molecule has 0 saturated heterocycles. The fourth-order valence-electron chi connectivity index (χ4n) is 1.83. The highest BCUT2D eigenvalue weighted by Gasteiger charge is 2.15. The van der Waals surface area contributed by atoms with E-state index in [1.807, 2.05) is 6.92 Å². The predicted octanol–water partition coefficient (Wildman–Crippen LogP) is 1.20. The number of carboxylic acid groups (broad SMARTS) is 1. The van der Waals surface area contributed by atoms with Crippen LogP contribution in [0.5, 0.6) is 0 Å². The number of thioether (sulfide) groups is 1. The summed E-state index contributed by atoms with van der Waals surface area (Å²) in [6.07, 6.45) is 1.68. The normalized spacial score (nSPS) is 11.2. The van der Waals surface area contributed by atoms with Crippen LogP contribution in [-0.4, -0.2) is 49.7 Å². The Kier molecular flexibility index (Phi) is 6.89. The van der Waals surface area contributed by atoms with E-state index in [0.717, 1.165) is 6.26 Å². The van der Waals surface area contributed by atoms with Crippen molar-refractivity contribution < 1.29 is 23.1 Å². The molecule has 1 aromatic carbocycles. The van der Waals surface area contributed by atoms with Crippen molar-refractivity contribution >= 4 is 33.5 Å². The number of sulfone groups is 1. The number of aliphatic carboxylic acids is 1. The number of hydrogen-bond donors (Lipinski definition) is 2. The molecule has 0 atom stereocenters. The average Bonchev–Trinajstić information content (AvgIpc) is 2.44. The molecule has 1 amide bonds. The van der Waals surface area contributed by atoms with E-state index in [0.29, 0.717) is 24.3 Å². The van der Waals surface area contributed by atoms with Crippen molar-refractivity contribution in [2.75, 3.05) is 24.3 Å². The third-order valence-corrected chi connectivity index (χ3v) is 4.99. The van der Waals surface area contributed by atoms with Gasteiger partial charge in [0, 0.05) is 24.1 Å². The molecule has 22 heavy (non-hydrogen) atoms. The lowest BCUT2D eigenvalue weighted by Gasteiger charge is -2.09. The van der Waals surface area contributed by atoms with Crippen molar-refractivity contribution in [2.45, 2.75) is 18.2 Å². The van der Waals surface area contributed by atoms with Crippen LogP contribution >= 0.6 is 11.8 Å². The van der Waals surface area contributed by atoms with Crippen LogP contribution in [0.4, 0.5) is 0 Å². The van der Waals surface area contributed by atoms with Crippen molar-refractivity contribution in [1.82, 2.24) is 5.32 Å². The lowest BCUT2D eigenvalue weighted by atomic mass is 10.1. The Labute approximate surface area is 134 Å². The fourth-order valence-corrected chi connectivity index (χ4v) is 3.43. The molecule has 0 aliphatic rings. The second-order valence-electron chi connectivity index (χ2n) is 4.65. The van der Waals surface area contributed by atoms with Gasteiger partial charge in [-0.2, -0.15) is 0 Å². The van der Waals surface area contributed by atoms with Gasteiger partial charge in [0.2, 0.25) is 0 Å². The van der Waals surface area contributed by atoms with E-state index >= 15 is 0 Å². The van der Waals surface area contributed by atoms with Gasteiger partial charge in [0.1, 0.15) is 0 Å². The second-order valence-corrected chi connectivity index (χ2v) is 7.74. The Balaban J connectivity index is 2.72. The van der Waals surface area contributed by atoms with Crippen LogP contribution in [0.25, 0.3) is 0 Å². The van der Waals surface area contributed by atoms with Gasteiger partial charge in [-0.05, 0) is 24.1 Å². The summed E-state index contributed by atoms with van der Waals surface area (Å²) in [6.45, 7) is 2.17. The Morgan fingerprint density at radius 3 is 2.55 bits per heavy atom. The van der Waals surface area contributed by atoms with Gasteiger partial charge < -0.3 is 10.4 Å². The maximum atomic E-state index is 12.0. The van der Waals surface area contributed by atoms with Gasteiger partial charge in [-0.25, -0.2) is 8.42 Å². The third-order valence-electron chi connectivity index (χ3n) is 2.87. The van der Waals surface area contributed by atoms with Gasteiger partial charge in [0.05, 0.1) is 10.6 Å². The summed E-state index contributed by atoms with van der Waals surface area (Å²) in [7, 11) is -3.39. The van der Waals surface area contributed by atoms with E-state index < -0.39 is 15.8 Å². The number of carboxylic acids is 1. The number of carbonyl (C=O) groups is 2. The molecule has 0 radical (unpaired) electrons. The molecule has 6 nitrogen and oxygen atoms in total. The van der Waals surface area contributed by atoms with E-state index in [1.54, 1.807) is 12.1 Å². The van der Waals surface area contributed by atoms with Crippen LogP contribution in [0.15, 0.2) is 23.1 Å². The molecular weight excluding hydrogens is 326 g/mol. The maximum Gasteiger partial charge on any atom is 0.313 e. The number of carbonyl (C=O) groups excluding carboxylic acids is 1. The van der Waals surface area contributed by atoms with Crippen molar-refractivity contribution in [3.05, 3.63) is 29.3 Å². The van der Waals surface area contributed by atoms with E-state index in [9.17, 15) is 18.0 Å². The van der Waals surface area contributed by atoms with Crippen molar-refractivity contribution in [3.63, 3.8) is 0 Å². The van der Waals surface area contributed by atoms with Crippen LogP contribution in [-0.2, 0) is 21.1 Å². The highest BCUT2D eigenvalue weighted by molar-refractivity contribution is 7.99. The number of aryl methyl sites for hydroxylation is 1.